The van der Waals surface area contributed by atoms with Crippen molar-refractivity contribution >= 4 is 5.91 Å². The summed E-state index contributed by atoms with van der Waals surface area (Å²) in [5.74, 6) is 1.19. The van der Waals surface area contributed by atoms with Crippen LogP contribution in [0.2, 0.25) is 0 Å². The van der Waals surface area contributed by atoms with Gasteiger partial charge in [-0.05, 0) is 43.5 Å². The fourth-order valence-corrected chi connectivity index (χ4v) is 3.48. The second-order valence-electron chi connectivity index (χ2n) is 9.13. The van der Waals surface area contributed by atoms with Crippen molar-refractivity contribution in [3.63, 3.8) is 0 Å². The number of hydrogen-bond donors (Lipinski definition) is 1. The Kier molecular flexibility index (Phi) is 7.32. The molecule has 0 saturated carbocycles. The van der Waals surface area contributed by atoms with E-state index in [1.54, 1.807) is 12.1 Å². The smallest absolute Gasteiger partial charge is 0.255 e. The van der Waals surface area contributed by atoms with Gasteiger partial charge >= 0.3 is 0 Å². The molecule has 1 fully saturated rings. The number of carbonyl (C=O) groups excluding carboxylic acids is 1. The molecule has 0 aliphatic carbocycles. The standard InChI is InChI=1S/C24H33FN2O3/c1-17(5-6-18-7-9-19(25)10-8-18)26-23(28)20-15-22(24(2,3)4)30-21(20)16-27-11-13-29-14-12-27/h7-10,15,17H,5-6,11-14,16H2,1-4H3,(H,26,28)/t17-/m0/s1. The van der Waals surface area contributed by atoms with E-state index in [1.807, 2.05) is 13.0 Å². The topological polar surface area (TPSA) is 54.7 Å². The lowest BCUT2D eigenvalue weighted by atomic mass is 9.93. The predicted molar refractivity (Wildman–Crippen MR) is 115 cm³/mol. The van der Waals surface area contributed by atoms with Crippen LogP contribution in [-0.2, 0) is 23.1 Å². The van der Waals surface area contributed by atoms with Crippen molar-refractivity contribution in [1.29, 1.82) is 0 Å². The summed E-state index contributed by atoms with van der Waals surface area (Å²) in [6, 6.07) is 8.39. The maximum absolute atomic E-state index is 13.1. The molecule has 0 unspecified atom stereocenters. The molecule has 5 nitrogen and oxygen atoms in total. The lowest BCUT2D eigenvalue weighted by molar-refractivity contribution is 0.0309. The Balaban J connectivity index is 1.66. The van der Waals surface area contributed by atoms with Crippen molar-refractivity contribution in [3.05, 3.63) is 58.8 Å². The maximum Gasteiger partial charge on any atom is 0.255 e. The molecular weight excluding hydrogens is 383 g/mol. The van der Waals surface area contributed by atoms with Gasteiger partial charge in [0.2, 0.25) is 0 Å². The summed E-state index contributed by atoms with van der Waals surface area (Å²) in [7, 11) is 0. The molecule has 1 N–H and O–H groups in total. The first-order valence-corrected chi connectivity index (χ1v) is 10.7. The monoisotopic (exact) mass is 416 g/mol. The van der Waals surface area contributed by atoms with Gasteiger partial charge in [-0.3, -0.25) is 9.69 Å². The fraction of sp³-hybridized carbons (Fsp3) is 0.542. The summed E-state index contributed by atoms with van der Waals surface area (Å²) in [6.45, 7) is 11.9. The highest BCUT2D eigenvalue weighted by molar-refractivity contribution is 5.95. The molecule has 30 heavy (non-hydrogen) atoms. The molecule has 0 radical (unpaired) electrons. The number of nitrogens with one attached hydrogen (secondary N) is 1. The predicted octanol–water partition coefficient (Wildman–Crippen LogP) is 4.30. The Morgan fingerprint density at radius 1 is 1.20 bits per heavy atom. The van der Waals surface area contributed by atoms with Gasteiger partial charge in [0.05, 0.1) is 25.3 Å². The molecular formula is C24H33FN2O3. The molecule has 1 aliphatic heterocycles. The average Bonchev–Trinajstić information content (AvgIpc) is 3.13. The normalized spacial score (nSPS) is 16.4. The van der Waals surface area contributed by atoms with Gasteiger partial charge in [-0.25, -0.2) is 4.39 Å². The molecule has 2 aromatic rings. The van der Waals surface area contributed by atoms with Crippen LogP contribution in [0.3, 0.4) is 0 Å². The first kappa shape index (κ1) is 22.5. The molecule has 164 valence electrons. The Bertz CT molecular complexity index is 833. The second kappa shape index (κ2) is 9.75. The van der Waals surface area contributed by atoms with E-state index in [-0.39, 0.29) is 23.2 Å². The van der Waals surface area contributed by atoms with Crippen molar-refractivity contribution < 1.29 is 18.3 Å². The SMILES string of the molecule is C[C@@H](CCc1ccc(F)cc1)NC(=O)c1cc(C(C)(C)C)oc1CN1CCOCC1. The van der Waals surface area contributed by atoms with Crippen LogP contribution in [0.4, 0.5) is 4.39 Å². The van der Waals surface area contributed by atoms with E-state index in [4.69, 9.17) is 9.15 Å². The van der Waals surface area contributed by atoms with E-state index in [1.165, 1.54) is 12.1 Å². The summed E-state index contributed by atoms with van der Waals surface area (Å²) < 4.78 is 24.6. The summed E-state index contributed by atoms with van der Waals surface area (Å²) in [5, 5.41) is 3.10. The first-order valence-electron chi connectivity index (χ1n) is 10.7. The number of furan rings is 1. The number of rotatable bonds is 7. The Morgan fingerprint density at radius 2 is 1.87 bits per heavy atom. The lowest BCUT2D eigenvalue weighted by Gasteiger charge is -2.26. The highest BCUT2D eigenvalue weighted by Gasteiger charge is 2.26. The third-order valence-corrected chi connectivity index (χ3v) is 5.42. The minimum Gasteiger partial charge on any atom is -0.463 e. The zero-order chi connectivity index (χ0) is 21.7. The highest BCUT2D eigenvalue weighted by atomic mass is 19.1. The van der Waals surface area contributed by atoms with Crippen LogP contribution in [0.5, 0.6) is 0 Å². The number of ether oxygens (including phenoxy) is 1. The van der Waals surface area contributed by atoms with Crippen molar-refractivity contribution in [2.24, 2.45) is 0 Å². The van der Waals surface area contributed by atoms with Crippen molar-refractivity contribution in [2.45, 2.75) is 58.5 Å². The number of morpholine rings is 1. The first-order chi connectivity index (χ1) is 14.2. The quantitative estimate of drug-likeness (QED) is 0.731. The molecule has 1 aliphatic rings. The van der Waals surface area contributed by atoms with Gasteiger partial charge in [-0.15, -0.1) is 0 Å². The Labute approximate surface area is 178 Å². The number of halogens is 1. The number of carbonyl (C=O) groups is 1. The van der Waals surface area contributed by atoms with Gasteiger partial charge in [0.25, 0.3) is 5.91 Å². The Morgan fingerprint density at radius 3 is 2.50 bits per heavy atom. The minimum atomic E-state index is -0.234. The van der Waals surface area contributed by atoms with E-state index < -0.39 is 0 Å². The van der Waals surface area contributed by atoms with E-state index in [9.17, 15) is 9.18 Å². The largest absolute Gasteiger partial charge is 0.463 e. The van der Waals surface area contributed by atoms with Crippen molar-refractivity contribution in [1.82, 2.24) is 10.2 Å². The second-order valence-corrected chi connectivity index (χ2v) is 9.13. The summed E-state index contributed by atoms with van der Waals surface area (Å²) >= 11 is 0. The van der Waals surface area contributed by atoms with Crippen molar-refractivity contribution in [2.75, 3.05) is 26.3 Å². The van der Waals surface area contributed by atoms with E-state index in [0.717, 1.165) is 37.3 Å². The van der Waals surface area contributed by atoms with Gasteiger partial charge in [0, 0.05) is 24.5 Å². The highest BCUT2D eigenvalue weighted by Crippen LogP contribution is 2.28. The molecule has 1 saturated heterocycles. The van der Waals surface area contributed by atoms with E-state index >= 15 is 0 Å². The van der Waals surface area contributed by atoms with Gasteiger partial charge in [0.1, 0.15) is 17.3 Å². The van der Waals surface area contributed by atoms with Crippen LogP contribution >= 0.6 is 0 Å². The van der Waals surface area contributed by atoms with Crippen LogP contribution in [0.15, 0.2) is 34.7 Å². The molecule has 1 amide bonds. The van der Waals surface area contributed by atoms with Crippen LogP contribution < -0.4 is 5.32 Å². The van der Waals surface area contributed by atoms with E-state index in [2.05, 4.69) is 31.0 Å². The molecule has 6 heteroatoms. The summed E-state index contributed by atoms with van der Waals surface area (Å²) in [4.78, 5) is 15.3. The molecule has 1 atom stereocenters. The zero-order valence-corrected chi connectivity index (χ0v) is 18.5. The van der Waals surface area contributed by atoms with Crippen LogP contribution in [0.1, 0.15) is 61.6 Å². The maximum atomic E-state index is 13.1. The number of amides is 1. The zero-order valence-electron chi connectivity index (χ0n) is 18.5. The number of aryl methyl sites for hydroxylation is 1. The third-order valence-electron chi connectivity index (χ3n) is 5.42. The minimum absolute atomic E-state index is 0.00761. The van der Waals surface area contributed by atoms with E-state index in [0.29, 0.717) is 31.1 Å². The number of nitrogens with zero attached hydrogens (tertiary/aromatic N) is 1. The number of benzene rings is 1. The molecule has 1 aromatic heterocycles. The van der Waals surface area contributed by atoms with Gasteiger partial charge < -0.3 is 14.5 Å². The molecule has 0 bridgehead atoms. The number of hydrogen-bond acceptors (Lipinski definition) is 4. The average molecular weight is 417 g/mol. The Hall–Kier alpha value is -2.18. The molecule has 3 rings (SSSR count). The summed E-state index contributed by atoms with van der Waals surface area (Å²) in [5.41, 5.74) is 1.50. The fourth-order valence-electron chi connectivity index (χ4n) is 3.48. The molecule has 1 aromatic carbocycles. The van der Waals surface area contributed by atoms with Crippen LogP contribution in [-0.4, -0.2) is 43.2 Å². The molecule has 0 spiro atoms. The van der Waals surface area contributed by atoms with Gasteiger partial charge in [-0.1, -0.05) is 32.9 Å². The van der Waals surface area contributed by atoms with Gasteiger partial charge in [0.15, 0.2) is 0 Å². The van der Waals surface area contributed by atoms with Crippen LogP contribution in [0.25, 0.3) is 0 Å². The van der Waals surface area contributed by atoms with Crippen molar-refractivity contribution in [3.8, 4) is 0 Å². The molecule has 2 heterocycles. The van der Waals surface area contributed by atoms with Gasteiger partial charge in [-0.2, -0.15) is 0 Å². The summed E-state index contributed by atoms with van der Waals surface area (Å²) in [6.07, 6.45) is 1.56. The third kappa shape index (κ3) is 6.16. The van der Waals surface area contributed by atoms with Crippen LogP contribution in [0, 0.1) is 5.82 Å². The lowest BCUT2D eigenvalue weighted by Crippen LogP contribution is -2.37.